The zero-order valence-electron chi connectivity index (χ0n) is 20.0. The molecular weight excluding hydrogens is 442 g/mol. The molecule has 0 aliphatic carbocycles. The Morgan fingerprint density at radius 1 is 1.21 bits per heavy atom. The van der Waals surface area contributed by atoms with Gasteiger partial charge >= 0.3 is 0 Å². The van der Waals surface area contributed by atoms with Gasteiger partial charge in [-0.1, -0.05) is 19.9 Å². The van der Waals surface area contributed by atoms with Crippen LogP contribution in [0.5, 0.6) is 0 Å². The lowest BCUT2D eigenvalue weighted by Gasteiger charge is -2.49. The molecule has 0 spiro atoms. The summed E-state index contributed by atoms with van der Waals surface area (Å²) in [6, 6.07) is 10.5. The number of piperidine rings is 3. The predicted octanol–water partition coefficient (Wildman–Crippen LogP) is 5.11. The number of carbonyl (C=O) groups is 1. The summed E-state index contributed by atoms with van der Waals surface area (Å²) in [5.41, 5.74) is 3.37. The van der Waals surface area contributed by atoms with Gasteiger partial charge in [-0.2, -0.15) is 0 Å². The first-order chi connectivity index (χ1) is 16.7. The highest BCUT2D eigenvalue weighted by molar-refractivity contribution is 7.12. The molecule has 6 nitrogen and oxygen atoms in total. The first kappa shape index (κ1) is 23.1. The van der Waals surface area contributed by atoms with Crippen LogP contribution in [0.3, 0.4) is 0 Å². The molecule has 6 rings (SSSR count). The monoisotopic (exact) mass is 475 g/mol. The zero-order valence-corrected chi connectivity index (χ0v) is 20.8. The van der Waals surface area contributed by atoms with Crippen molar-refractivity contribution < 1.29 is 4.79 Å². The van der Waals surface area contributed by atoms with Crippen molar-refractivity contribution in [1.29, 1.82) is 0 Å². The SMILES string of the molecule is CCC(CC)c1cc(C2CN3CCC2CC3CNC(=O)c2cccs2)nc(-c2ccncc2)n1. The maximum absolute atomic E-state index is 12.4. The van der Waals surface area contributed by atoms with E-state index in [0.717, 1.165) is 54.3 Å². The topological polar surface area (TPSA) is 71.0 Å². The number of carbonyl (C=O) groups excluding carboxylic acids is 1. The van der Waals surface area contributed by atoms with Crippen molar-refractivity contribution in [2.75, 3.05) is 19.6 Å². The highest BCUT2D eigenvalue weighted by Gasteiger charge is 2.41. The van der Waals surface area contributed by atoms with Crippen LogP contribution in [-0.4, -0.2) is 51.4 Å². The second kappa shape index (κ2) is 10.3. The quantitative estimate of drug-likeness (QED) is 0.490. The van der Waals surface area contributed by atoms with Gasteiger partial charge in [-0.3, -0.25) is 14.7 Å². The fourth-order valence-corrected chi connectivity index (χ4v) is 6.25. The molecule has 3 fully saturated rings. The summed E-state index contributed by atoms with van der Waals surface area (Å²) in [4.78, 5) is 30.0. The van der Waals surface area contributed by atoms with E-state index < -0.39 is 0 Å². The minimum atomic E-state index is 0.0433. The molecule has 0 aromatic carbocycles. The highest BCUT2D eigenvalue weighted by Crippen LogP contribution is 2.42. The van der Waals surface area contributed by atoms with Gasteiger partial charge in [-0.15, -0.1) is 11.3 Å². The molecule has 7 heteroatoms. The van der Waals surface area contributed by atoms with E-state index >= 15 is 0 Å². The molecular formula is C27H33N5OS. The molecule has 4 unspecified atom stereocenters. The van der Waals surface area contributed by atoms with Gasteiger partial charge < -0.3 is 5.32 Å². The van der Waals surface area contributed by atoms with Gasteiger partial charge in [0.1, 0.15) is 0 Å². The predicted molar refractivity (Wildman–Crippen MR) is 136 cm³/mol. The van der Waals surface area contributed by atoms with Gasteiger partial charge in [0.2, 0.25) is 0 Å². The third kappa shape index (κ3) is 4.77. The fourth-order valence-electron chi connectivity index (χ4n) is 5.61. The van der Waals surface area contributed by atoms with E-state index in [2.05, 4.69) is 35.1 Å². The summed E-state index contributed by atoms with van der Waals surface area (Å²) >= 11 is 1.49. The largest absolute Gasteiger partial charge is 0.350 e. The molecule has 34 heavy (non-hydrogen) atoms. The van der Waals surface area contributed by atoms with Gasteiger partial charge in [0.25, 0.3) is 5.91 Å². The molecule has 2 bridgehead atoms. The molecule has 0 radical (unpaired) electrons. The maximum atomic E-state index is 12.4. The maximum Gasteiger partial charge on any atom is 0.261 e. The van der Waals surface area contributed by atoms with Gasteiger partial charge in [0, 0.05) is 60.3 Å². The van der Waals surface area contributed by atoms with E-state index in [1.165, 1.54) is 23.5 Å². The van der Waals surface area contributed by atoms with E-state index in [-0.39, 0.29) is 5.91 Å². The van der Waals surface area contributed by atoms with E-state index in [1.54, 1.807) is 0 Å². The number of amides is 1. The first-order valence-electron chi connectivity index (χ1n) is 12.5. The number of hydrogen-bond donors (Lipinski definition) is 1. The molecule has 1 amide bonds. The lowest BCUT2D eigenvalue weighted by molar-refractivity contribution is 0.0290. The second-order valence-electron chi connectivity index (χ2n) is 9.52. The van der Waals surface area contributed by atoms with Gasteiger partial charge in [-0.25, -0.2) is 9.97 Å². The molecule has 6 heterocycles. The zero-order chi connectivity index (χ0) is 23.5. The van der Waals surface area contributed by atoms with Gasteiger partial charge in [0.05, 0.1) is 4.88 Å². The number of nitrogens with one attached hydrogen (secondary N) is 1. The van der Waals surface area contributed by atoms with Crippen LogP contribution >= 0.6 is 11.3 Å². The lowest BCUT2D eigenvalue weighted by atomic mass is 9.74. The van der Waals surface area contributed by atoms with Crippen LogP contribution < -0.4 is 5.32 Å². The van der Waals surface area contributed by atoms with Crippen molar-refractivity contribution in [1.82, 2.24) is 25.2 Å². The van der Waals surface area contributed by atoms with E-state index in [9.17, 15) is 4.79 Å². The Labute approximate surface area is 205 Å². The van der Waals surface area contributed by atoms with Crippen molar-refractivity contribution >= 4 is 17.2 Å². The number of thiophene rings is 1. The molecule has 1 N–H and O–H groups in total. The minimum Gasteiger partial charge on any atom is -0.350 e. The van der Waals surface area contributed by atoms with Crippen LogP contribution in [0.2, 0.25) is 0 Å². The van der Waals surface area contributed by atoms with Crippen molar-refractivity contribution in [2.45, 2.75) is 57.4 Å². The summed E-state index contributed by atoms with van der Waals surface area (Å²) in [5, 5.41) is 5.11. The van der Waals surface area contributed by atoms with Crippen LogP contribution in [0.15, 0.2) is 48.1 Å². The lowest BCUT2D eigenvalue weighted by Crippen LogP contribution is -2.56. The average Bonchev–Trinajstić information content (AvgIpc) is 3.44. The minimum absolute atomic E-state index is 0.0433. The molecule has 3 aliphatic heterocycles. The Kier molecular flexibility index (Phi) is 7.02. The highest BCUT2D eigenvalue weighted by atomic mass is 32.1. The fraction of sp³-hybridized carbons (Fsp3) is 0.481. The van der Waals surface area contributed by atoms with E-state index in [4.69, 9.17) is 9.97 Å². The Hall–Kier alpha value is -2.64. The summed E-state index contributed by atoms with van der Waals surface area (Å²) in [7, 11) is 0. The molecule has 3 aliphatic rings. The normalized spacial score (nSPS) is 23.9. The Morgan fingerprint density at radius 3 is 2.71 bits per heavy atom. The Balaban J connectivity index is 1.36. The van der Waals surface area contributed by atoms with Crippen LogP contribution in [-0.2, 0) is 0 Å². The number of pyridine rings is 1. The molecule has 0 saturated carbocycles. The number of aromatic nitrogens is 3. The van der Waals surface area contributed by atoms with Gasteiger partial charge in [-0.05, 0) is 67.8 Å². The summed E-state index contributed by atoms with van der Waals surface area (Å²) in [5.74, 6) is 2.31. The van der Waals surface area contributed by atoms with Crippen LogP contribution in [0.4, 0.5) is 0 Å². The number of nitrogens with zero attached hydrogens (tertiary/aromatic N) is 4. The van der Waals surface area contributed by atoms with Crippen molar-refractivity contribution in [3.8, 4) is 11.4 Å². The van der Waals surface area contributed by atoms with Crippen molar-refractivity contribution in [3.63, 3.8) is 0 Å². The number of hydrogen-bond acceptors (Lipinski definition) is 6. The molecule has 4 atom stereocenters. The smallest absolute Gasteiger partial charge is 0.261 e. The number of rotatable bonds is 8. The molecule has 178 valence electrons. The summed E-state index contributed by atoms with van der Waals surface area (Å²) < 4.78 is 0. The third-order valence-electron chi connectivity index (χ3n) is 7.61. The second-order valence-corrected chi connectivity index (χ2v) is 10.5. The average molecular weight is 476 g/mol. The first-order valence-corrected chi connectivity index (χ1v) is 13.4. The van der Waals surface area contributed by atoms with Crippen molar-refractivity contribution in [2.24, 2.45) is 5.92 Å². The van der Waals surface area contributed by atoms with E-state index in [1.807, 2.05) is 42.0 Å². The summed E-state index contributed by atoms with van der Waals surface area (Å²) in [6.45, 7) is 7.30. The number of fused-ring (bicyclic) bond motifs is 3. The third-order valence-corrected chi connectivity index (χ3v) is 8.48. The Morgan fingerprint density at radius 2 is 2.03 bits per heavy atom. The van der Waals surface area contributed by atoms with Crippen LogP contribution in [0.25, 0.3) is 11.4 Å². The molecule has 3 saturated heterocycles. The van der Waals surface area contributed by atoms with Crippen molar-refractivity contribution in [3.05, 3.63) is 64.4 Å². The standard InChI is InChI=1S/C27H33N5OS/c1-3-18(4-2)23-15-24(31-26(30-23)19-7-10-28-11-8-19)22-17-32-12-9-20(22)14-21(32)16-29-27(33)25-6-5-13-34-25/h5-8,10-11,13,15,18,20-22H,3-4,9,12,14,16-17H2,1-2H3,(H,29,33). The van der Waals surface area contributed by atoms with Crippen LogP contribution in [0.1, 0.15) is 72.4 Å². The Bertz CT molecular complexity index is 1100. The van der Waals surface area contributed by atoms with E-state index in [0.29, 0.717) is 30.3 Å². The van der Waals surface area contributed by atoms with Crippen LogP contribution in [0, 0.1) is 5.92 Å². The summed E-state index contributed by atoms with van der Waals surface area (Å²) in [6.07, 6.45) is 8.07. The molecule has 3 aromatic rings. The molecule has 3 aromatic heterocycles. The van der Waals surface area contributed by atoms with Gasteiger partial charge in [0.15, 0.2) is 5.82 Å².